The minimum absolute atomic E-state index is 0.0927. The molecule has 0 unspecified atom stereocenters. The molecule has 0 saturated carbocycles. The number of halogens is 1. The molecule has 0 radical (unpaired) electrons. The van der Waals surface area contributed by atoms with Gasteiger partial charge in [0.15, 0.2) is 0 Å². The van der Waals surface area contributed by atoms with Gasteiger partial charge in [-0.1, -0.05) is 24.3 Å². The molecule has 0 aliphatic rings. The fourth-order valence-electron chi connectivity index (χ4n) is 3.29. The number of fused-ring (bicyclic) bond motifs is 1. The second-order valence-electron chi connectivity index (χ2n) is 7.38. The maximum absolute atomic E-state index is 13.2. The number of amides is 1. The molecule has 0 atom stereocenters. The van der Waals surface area contributed by atoms with Crippen LogP contribution in [0.1, 0.15) is 21.6 Å². The Hall–Kier alpha value is -3.78. The van der Waals surface area contributed by atoms with Crippen LogP contribution in [0.3, 0.4) is 0 Å². The second-order valence-corrected chi connectivity index (χ2v) is 9.06. The lowest BCUT2D eigenvalue weighted by Crippen LogP contribution is -2.18. The highest BCUT2D eigenvalue weighted by Gasteiger charge is 2.18. The fourth-order valence-corrected chi connectivity index (χ4v) is 4.37. The predicted molar refractivity (Wildman–Crippen MR) is 123 cm³/mol. The molecule has 3 aromatic carbocycles. The smallest absolute Gasteiger partial charge is 0.261 e. The van der Waals surface area contributed by atoms with Crippen molar-refractivity contribution in [1.29, 1.82) is 0 Å². The quantitative estimate of drug-likeness (QED) is 0.447. The molecule has 0 aliphatic carbocycles. The number of hydrogen-bond acceptors (Lipinski definition) is 4. The van der Waals surface area contributed by atoms with Gasteiger partial charge in [-0.2, -0.15) is 0 Å². The third kappa shape index (κ3) is 4.45. The van der Waals surface area contributed by atoms with E-state index in [1.165, 1.54) is 18.2 Å². The highest BCUT2D eigenvalue weighted by Crippen LogP contribution is 2.26. The first-order chi connectivity index (χ1) is 15.2. The number of pyridine rings is 1. The molecule has 0 aliphatic heterocycles. The number of carbonyl (C=O) groups is 1. The first kappa shape index (κ1) is 21.5. The van der Waals surface area contributed by atoms with Gasteiger partial charge in [-0.05, 0) is 67.9 Å². The summed E-state index contributed by atoms with van der Waals surface area (Å²) in [5.41, 5.74) is 3.29. The van der Waals surface area contributed by atoms with Crippen LogP contribution in [0, 0.1) is 19.7 Å². The Bertz CT molecular complexity index is 1440. The molecule has 0 fully saturated rings. The summed E-state index contributed by atoms with van der Waals surface area (Å²) in [5, 5.41) is 3.59. The van der Waals surface area contributed by atoms with Crippen molar-refractivity contribution in [2.45, 2.75) is 18.7 Å². The summed E-state index contributed by atoms with van der Waals surface area (Å²) in [7, 11) is -3.97. The van der Waals surface area contributed by atoms with Crippen LogP contribution in [-0.2, 0) is 10.0 Å². The minimum atomic E-state index is -3.97. The van der Waals surface area contributed by atoms with Crippen molar-refractivity contribution >= 4 is 38.2 Å². The van der Waals surface area contributed by atoms with Crippen molar-refractivity contribution in [1.82, 2.24) is 4.98 Å². The van der Waals surface area contributed by atoms with E-state index < -0.39 is 21.7 Å². The van der Waals surface area contributed by atoms with Crippen molar-refractivity contribution in [2.24, 2.45) is 0 Å². The molecule has 0 bridgehead atoms. The molecule has 8 heteroatoms. The summed E-state index contributed by atoms with van der Waals surface area (Å²) in [5.74, 6) is -0.947. The standard InChI is InChI=1S/C24H20FN3O3S/c1-15-7-8-17-14-20(16(2)26-23(17)13-15)24(29)27-21-5-3-4-6-22(21)28-32(30,31)19-11-9-18(25)10-12-19/h3-14,28H,1-2H3,(H,27,29). The molecule has 4 aromatic rings. The minimum Gasteiger partial charge on any atom is -0.320 e. The molecule has 0 saturated heterocycles. The van der Waals surface area contributed by atoms with Gasteiger partial charge in [0.25, 0.3) is 15.9 Å². The van der Waals surface area contributed by atoms with Gasteiger partial charge in [0, 0.05) is 5.39 Å². The summed E-state index contributed by atoms with van der Waals surface area (Å²) in [6, 6.07) is 18.5. The Morgan fingerprint density at radius 2 is 1.59 bits per heavy atom. The zero-order chi connectivity index (χ0) is 22.9. The Balaban J connectivity index is 1.63. The maximum Gasteiger partial charge on any atom is 0.261 e. The third-order valence-electron chi connectivity index (χ3n) is 4.95. The first-order valence-corrected chi connectivity index (χ1v) is 11.3. The number of para-hydroxylation sites is 2. The predicted octanol–water partition coefficient (Wildman–Crippen LogP) is 5.04. The lowest BCUT2D eigenvalue weighted by Gasteiger charge is -2.14. The van der Waals surface area contributed by atoms with Crippen LogP contribution in [0.15, 0.2) is 77.7 Å². The van der Waals surface area contributed by atoms with Gasteiger partial charge in [0.05, 0.1) is 33.0 Å². The number of hydrogen-bond donors (Lipinski definition) is 2. The summed E-state index contributed by atoms with van der Waals surface area (Å²) in [6.45, 7) is 3.72. The molecule has 32 heavy (non-hydrogen) atoms. The SMILES string of the molecule is Cc1ccc2cc(C(=O)Nc3ccccc3NS(=O)(=O)c3ccc(F)cc3)c(C)nc2c1. The van der Waals surface area contributed by atoms with E-state index in [0.717, 1.165) is 28.6 Å². The van der Waals surface area contributed by atoms with Crippen LogP contribution in [0.2, 0.25) is 0 Å². The number of sulfonamides is 1. The second kappa shape index (κ2) is 8.39. The number of anilines is 2. The van der Waals surface area contributed by atoms with Crippen LogP contribution in [0.5, 0.6) is 0 Å². The maximum atomic E-state index is 13.2. The number of benzene rings is 3. The Morgan fingerprint density at radius 1 is 0.906 bits per heavy atom. The third-order valence-corrected chi connectivity index (χ3v) is 6.33. The highest BCUT2D eigenvalue weighted by atomic mass is 32.2. The fraction of sp³-hybridized carbons (Fsp3) is 0.0833. The monoisotopic (exact) mass is 449 g/mol. The zero-order valence-electron chi connectivity index (χ0n) is 17.4. The van der Waals surface area contributed by atoms with E-state index in [9.17, 15) is 17.6 Å². The van der Waals surface area contributed by atoms with Gasteiger partial charge in [0.1, 0.15) is 5.82 Å². The summed E-state index contributed by atoms with van der Waals surface area (Å²) >= 11 is 0. The van der Waals surface area contributed by atoms with Crippen molar-refractivity contribution in [3.05, 3.63) is 95.4 Å². The van der Waals surface area contributed by atoms with Gasteiger partial charge < -0.3 is 5.32 Å². The van der Waals surface area contributed by atoms with Crippen molar-refractivity contribution < 1.29 is 17.6 Å². The lowest BCUT2D eigenvalue weighted by molar-refractivity contribution is 0.102. The summed E-state index contributed by atoms with van der Waals surface area (Å²) in [4.78, 5) is 17.4. The van der Waals surface area contributed by atoms with Gasteiger partial charge in [-0.25, -0.2) is 12.8 Å². The van der Waals surface area contributed by atoms with Crippen LogP contribution < -0.4 is 10.0 Å². The van der Waals surface area contributed by atoms with E-state index in [-0.39, 0.29) is 16.3 Å². The van der Waals surface area contributed by atoms with E-state index in [0.29, 0.717) is 11.3 Å². The lowest BCUT2D eigenvalue weighted by atomic mass is 10.1. The number of nitrogens with one attached hydrogen (secondary N) is 2. The van der Waals surface area contributed by atoms with Crippen LogP contribution in [0.4, 0.5) is 15.8 Å². The van der Waals surface area contributed by atoms with E-state index in [2.05, 4.69) is 15.0 Å². The molecule has 1 amide bonds. The van der Waals surface area contributed by atoms with Crippen molar-refractivity contribution in [3.63, 3.8) is 0 Å². The van der Waals surface area contributed by atoms with Crippen LogP contribution >= 0.6 is 0 Å². The molecule has 1 heterocycles. The van der Waals surface area contributed by atoms with Crippen LogP contribution in [-0.4, -0.2) is 19.3 Å². The molecule has 1 aromatic heterocycles. The van der Waals surface area contributed by atoms with E-state index in [1.54, 1.807) is 31.2 Å². The summed E-state index contributed by atoms with van der Waals surface area (Å²) in [6.07, 6.45) is 0. The Kier molecular flexibility index (Phi) is 5.63. The number of aryl methyl sites for hydroxylation is 2. The van der Waals surface area contributed by atoms with Gasteiger partial charge in [-0.3, -0.25) is 14.5 Å². The van der Waals surface area contributed by atoms with E-state index in [1.807, 2.05) is 25.1 Å². The average molecular weight is 450 g/mol. The molecular formula is C24H20FN3O3S. The first-order valence-electron chi connectivity index (χ1n) is 9.80. The number of nitrogens with zero attached hydrogens (tertiary/aromatic N) is 1. The molecule has 0 spiro atoms. The highest BCUT2D eigenvalue weighted by molar-refractivity contribution is 7.92. The van der Waals surface area contributed by atoms with Crippen LogP contribution in [0.25, 0.3) is 10.9 Å². The number of rotatable bonds is 5. The average Bonchev–Trinajstić information content (AvgIpc) is 2.74. The molecule has 6 nitrogen and oxygen atoms in total. The van der Waals surface area contributed by atoms with Gasteiger partial charge in [-0.15, -0.1) is 0 Å². The van der Waals surface area contributed by atoms with Crippen molar-refractivity contribution in [3.8, 4) is 0 Å². The molecule has 2 N–H and O–H groups in total. The van der Waals surface area contributed by atoms with E-state index in [4.69, 9.17) is 0 Å². The van der Waals surface area contributed by atoms with E-state index >= 15 is 0 Å². The zero-order valence-corrected chi connectivity index (χ0v) is 18.2. The van der Waals surface area contributed by atoms with Crippen molar-refractivity contribution in [2.75, 3.05) is 10.0 Å². The topological polar surface area (TPSA) is 88.2 Å². The number of aromatic nitrogens is 1. The molecule has 4 rings (SSSR count). The Morgan fingerprint density at radius 3 is 2.31 bits per heavy atom. The molecular weight excluding hydrogens is 429 g/mol. The van der Waals surface area contributed by atoms with Gasteiger partial charge >= 0.3 is 0 Å². The summed E-state index contributed by atoms with van der Waals surface area (Å²) < 4.78 is 41.0. The molecule has 162 valence electrons. The number of carbonyl (C=O) groups excluding carboxylic acids is 1. The Labute approximate surface area is 185 Å². The normalized spacial score (nSPS) is 11.3. The largest absolute Gasteiger partial charge is 0.320 e. The van der Waals surface area contributed by atoms with Gasteiger partial charge in [0.2, 0.25) is 0 Å².